The molecule has 0 spiro atoms. The van der Waals surface area contributed by atoms with E-state index in [-0.39, 0.29) is 0 Å². The molecule has 0 amide bonds. The highest BCUT2D eigenvalue weighted by Gasteiger charge is 2.18. The average molecular weight is 147 g/mol. The lowest BCUT2D eigenvalue weighted by Crippen LogP contribution is -1.98. The van der Waals surface area contributed by atoms with Crippen molar-refractivity contribution in [2.45, 2.75) is 25.2 Å². The second-order valence-electron chi connectivity index (χ2n) is 2.88. The van der Waals surface area contributed by atoms with E-state index in [1.165, 1.54) is 19.3 Å². The molecule has 1 aliphatic carbocycles. The van der Waals surface area contributed by atoms with Crippen molar-refractivity contribution < 1.29 is 0 Å². The first-order valence-corrected chi connectivity index (χ1v) is 4.07. The summed E-state index contributed by atoms with van der Waals surface area (Å²) in [4.78, 5) is 8.44. The van der Waals surface area contributed by atoms with Crippen LogP contribution in [0.15, 0.2) is 18.5 Å². The molecular weight excluding hydrogens is 136 g/mol. The smallest absolute Gasteiger partial charge is 0.131 e. The molecule has 0 aromatic carbocycles. The summed E-state index contributed by atoms with van der Waals surface area (Å²) in [5.41, 5.74) is 0. The first-order chi connectivity index (χ1) is 5.47. The van der Waals surface area contributed by atoms with Gasteiger partial charge in [0, 0.05) is 18.3 Å². The van der Waals surface area contributed by atoms with E-state index in [4.69, 9.17) is 0 Å². The van der Waals surface area contributed by atoms with Crippen LogP contribution in [-0.4, -0.2) is 9.97 Å². The lowest BCUT2D eigenvalue weighted by Gasteiger charge is -2.04. The molecule has 1 atom stereocenters. The summed E-state index contributed by atoms with van der Waals surface area (Å²) in [5, 5.41) is 0. The van der Waals surface area contributed by atoms with E-state index in [1.54, 1.807) is 0 Å². The molecule has 2 heteroatoms. The Kier molecular flexibility index (Phi) is 1.84. The van der Waals surface area contributed by atoms with E-state index in [1.807, 2.05) is 18.5 Å². The first kappa shape index (κ1) is 6.77. The molecule has 1 heterocycles. The Labute approximate surface area is 66.7 Å². The van der Waals surface area contributed by atoms with Gasteiger partial charge in [-0.05, 0) is 25.3 Å². The molecule has 2 rings (SSSR count). The van der Waals surface area contributed by atoms with Gasteiger partial charge in [-0.1, -0.05) is 6.42 Å². The van der Waals surface area contributed by atoms with Crippen LogP contribution in [0.3, 0.4) is 0 Å². The number of hydrogen-bond donors (Lipinski definition) is 0. The summed E-state index contributed by atoms with van der Waals surface area (Å²) >= 11 is 0. The van der Waals surface area contributed by atoms with Gasteiger partial charge in [-0.3, -0.25) is 0 Å². The second kappa shape index (κ2) is 2.99. The van der Waals surface area contributed by atoms with E-state index >= 15 is 0 Å². The van der Waals surface area contributed by atoms with Gasteiger partial charge in [0.25, 0.3) is 0 Å². The monoisotopic (exact) mass is 147 g/mol. The zero-order valence-electron chi connectivity index (χ0n) is 6.40. The maximum absolute atomic E-state index is 4.22. The van der Waals surface area contributed by atoms with E-state index in [9.17, 15) is 0 Å². The normalized spacial score (nSPS) is 18.9. The molecule has 1 aromatic rings. The van der Waals surface area contributed by atoms with Gasteiger partial charge >= 0.3 is 0 Å². The fourth-order valence-electron chi connectivity index (χ4n) is 1.51. The zero-order valence-corrected chi connectivity index (χ0v) is 6.40. The summed E-state index contributed by atoms with van der Waals surface area (Å²) in [5.74, 6) is 1.52. The van der Waals surface area contributed by atoms with E-state index in [0.29, 0.717) is 5.92 Å². The molecule has 0 saturated heterocycles. The maximum atomic E-state index is 4.22. The minimum absolute atomic E-state index is 0.524. The summed E-state index contributed by atoms with van der Waals surface area (Å²) in [6.45, 7) is 0. The van der Waals surface area contributed by atoms with Crippen LogP contribution >= 0.6 is 0 Å². The summed E-state index contributed by atoms with van der Waals surface area (Å²) in [7, 11) is 0. The molecule has 1 radical (unpaired) electrons. The van der Waals surface area contributed by atoms with Crippen molar-refractivity contribution in [2.75, 3.05) is 0 Å². The Morgan fingerprint density at radius 1 is 1.27 bits per heavy atom. The van der Waals surface area contributed by atoms with Crippen LogP contribution < -0.4 is 0 Å². The number of hydrogen-bond acceptors (Lipinski definition) is 2. The lowest BCUT2D eigenvalue weighted by molar-refractivity contribution is 0.732. The van der Waals surface area contributed by atoms with Crippen LogP contribution in [0.1, 0.15) is 31.0 Å². The molecule has 1 saturated carbocycles. The van der Waals surface area contributed by atoms with Gasteiger partial charge in [0.2, 0.25) is 0 Å². The molecule has 0 N–H and O–H groups in total. The van der Waals surface area contributed by atoms with Crippen LogP contribution in [0.4, 0.5) is 0 Å². The predicted molar refractivity (Wildman–Crippen MR) is 42.9 cm³/mol. The Morgan fingerprint density at radius 2 is 2.09 bits per heavy atom. The Hall–Kier alpha value is -0.920. The summed E-state index contributed by atoms with van der Waals surface area (Å²) in [6, 6.07) is 1.86. The Bertz CT molecular complexity index is 214. The summed E-state index contributed by atoms with van der Waals surface area (Å²) in [6.07, 6.45) is 9.69. The van der Waals surface area contributed by atoms with E-state index < -0.39 is 0 Å². The van der Waals surface area contributed by atoms with Gasteiger partial charge in [0.05, 0.1) is 0 Å². The molecule has 0 bridgehead atoms. The number of nitrogens with zero attached hydrogens (tertiary/aromatic N) is 2. The van der Waals surface area contributed by atoms with Crippen molar-refractivity contribution in [1.29, 1.82) is 0 Å². The molecule has 1 aromatic heterocycles. The minimum atomic E-state index is 0.524. The predicted octanol–water partition coefficient (Wildman–Crippen LogP) is 1.95. The SMILES string of the molecule is [CH]1CCCC1c1ncccn1. The third-order valence-corrected chi connectivity index (χ3v) is 2.09. The largest absolute Gasteiger partial charge is 0.241 e. The van der Waals surface area contributed by atoms with Crippen molar-refractivity contribution in [3.63, 3.8) is 0 Å². The molecule has 57 valence electrons. The van der Waals surface area contributed by atoms with Gasteiger partial charge in [0.15, 0.2) is 0 Å². The van der Waals surface area contributed by atoms with Crippen molar-refractivity contribution in [3.05, 3.63) is 30.7 Å². The Morgan fingerprint density at radius 3 is 2.73 bits per heavy atom. The van der Waals surface area contributed by atoms with Crippen LogP contribution in [0.5, 0.6) is 0 Å². The topological polar surface area (TPSA) is 25.8 Å². The highest BCUT2D eigenvalue weighted by Crippen LogP contribution is 2.30. The van der Waals surface area contributed by atoms with Crippen LogP contribution in [0.2, 0.25) is 0 Å². The molecular formula is C9H11N2. The highest BCUT2D eigenvalue weighted by atomic mass is 14.9. The van der Waals surface area contributed by atoms with Crippen molar-refractivity contribution >= 4 is 0 Å². The third-order valence-electron chi connectivity index (χ3n) is 2.09. The molecule has 11 heavy (non-hydrogen) atoms. The summed E-state index contributed by atoms with van der Waals surface area (Å²) < 4.78 is 0. The van der Waals surface area contributed by atoms with Crippen molar-refractivity contribution in [1.82, 2.24) is 9.97 Å². The molecule has 2 nitrogen and oxygen atoms in total. The van der Waals surface area contributed by atoms with Gasteiger partial charge in [0.1, 0.15) is 5.82 Å². The van der Waals surface area contributed by atoms with Crippen LogP contribution in [0, 0.1) is 6.42 Å². The highest BCUT2D eigenvalue weighted by molar-refractivity contribution is 5.06. The maximum Gasteiger partial charge on any atom is 0.131 e. The van der Waals surface area contributed by atoms with E-state index in [0.717, 1.165) is 5.82 Å². The fraction of sp³-hybridized carbons (Fsp3) is 0.444. The minimum Gasteiger partial charge on any atom is -0.241 e. The lowest BCUT2D eigenvalue weighted by atomic mass is 10.1. The molecule has 1 aliphatic rings. The van der Waals surface area contributed by atoms with Gasteiger partial charge in [-0.15, -0.1) is 0 Å². The number of aromatic nitrogens is 2. The molecule has 1 fully saturated rings. The first-order valence-electron chi connectivity index (χ1n) is 4.07. The fourth-order valence-corrected chi connectivity index (χ4v) is 1.51. The zero-order chi connectivity index (χ0) is 7.52. The molecule has 0 aliphatic heterocycles. The second-order valence-corrected chi connectivity index (χ2v) is 2.88. The third kappa shape index (κ3) is 1.39. The van der Waals surface area contributed by atoms with Crippen molar-refractivity contribution in [2.24, 2.45) is 0 Å². The Balaban J connectivity index is 2.16. The molecule has 1 unspecified atom stereocenters. The van der Waals surface area contributed by atoms with Gasteiger partial charge < -0.3 is 0 Å². The number of rotatable bonds is 1. The van der Waals surface area contributed by atoms with Gasteiger partial charge in [-0.2, -0.15) is 0 Å². The van der Waals surface area contributed by atoms with Crippen LogP contribution in [0.25, 0.3) is 0 Å². The average Bonchev–Trinajstić information content (AvgIpc) is 2.58. The van der Waals surface area contributed by atoms with Crippen LogP contribution in [-0.2, 0) is 0 Å². The van der Waals surface area contributed by atoms with Gasteiger partial charge in [-0.25, -0.2) is 9.97 Å². The quantitative estimate of drug-likeness (QED) is 0.606. The van der Waals surface area contributed by atoms with E-state index in [2.05, 4.69) is 16.4 Å². The standard InChI is InChI=1S/C9H11N2/c1-2-5-8(4-1)9-10-6-3-7-11-9/h3-4,6-8H,1-2,5H2. The van der Waals surface area contributed by atoms with Crippen molar-refractivity contribution in [3.8, 4) is 0 Å².